The highest BCUT2D eigenvalue weighted by Crippen LogP contribution is 2.18. The van der Waals surface area contributed by atoms with Gasteiger partial charge in [-0.05, 0) is 32.0 Å². The van der Waals surface area contributed by atoms with Gasteiger partial charge in [-0.15, -0.1) is 0 Å². The Balaban J connectivity index is 3.05. The Hall–Kier alpha value is -1.62. The van der Waals surface area contributed by atoms with Crippen LogP contribution in [0.3, 0.4) is 0 Å². The second-order valence-electron chi connectivity index (χ2n) is 4.23. The summed E-state index contributed by atoms with van der Waals surface area (Å²) >= 11 is 5.75. The molecular weight excluding hydrogens is 273 g/mol. The number of ether oxygens (including phenoxy) is 1. The molecule has 0 spiro atoms. The molecule has 1 rings (SSSR count). The molecule has 0 N–H and O–H groups in total. The average Bonchev–Trinajstić information content (AvgIpc) is 2.37. The largest absolute Gasteiger partial charge is 0.468 e. The van der Waals surface area contributed by atoms with Crippen LogP contribution in [-0.4, -0.2) is 36.5 Å². The molecule has 0 aliphatic carbocycles. The van der Waals surface area contributed by atoms with E-state index in [1.807, 2.05) is 0 Å². The third-order valence-electron chi connectivity index (χ3n) is 2.57. The SMILES string of the molecule is COC(=O)CN(C(=O)c1cc(Cl)ccc1F)C(C)C. The molecule has 1 amide bonds. The lowest BCUT2D eigenvalue weighted by atomic mass is 10.1. The van der Waals surface area contributed by atoms with Crippen LogP contribution >= 0.6 is 11.6 Å². The Kier molecular flexibility index (Phi) is 5.30. The predicted octanol–water partition coefficient (Wildman–Crippen LogP) is 2.50. The van der Waals surface area contributed by atoms with Crippen LogP contribution in [0, 0.1) is 5.82 Å². The first-order valence-electron chi connectivity index (χ1n) is 5.69. The molecule has 0 unspecified atom stereocenters. The molecule has 0 atom stereocenters. The molecule has 0 fully saturated rings. The van der Waals surface area contributed by atoms with E-state index in [-0.39, 0.29) is 23.2 Å². The van der Waals surface area contributed by atoms with Crippen molar-refractivity contribution >= 4 is 23.5 Å². The zero-order valence-corrected chi connectivity index (χ0v) is 11.7. The van der Waals surface area contributed by atoms with Crippen molar-refractivity contribution in [2.45, 2.75) is 19.9 Å². The van der Waals surface area contributed by atoms with Gasteiger partial charge in [-0.25, -0.2) is 4.39 Å². The van der Waals surface area contributed by atoms with E-state index in [1.165, 1.54) is 24.1 Å². The standard InChI is InChI=1S/C13H15ClFNO3/c1-8(2)16(7-12(17)19-3)13(18)10-6-9(14)4-5-11(10)15/h4-6,8H,7H2,1-3H3. The Labute approximate surface area is 116 Å². The fraction of sp³-hybridized carbons (Fsp3) is 0.385. The quantitative estimate of drug-likeness (QED) is 0.800. The smallest absolute Gasteiger partial charge is 0.325 e. The van der Waals surface area contributed by atoms with Gasteiger partial charge in [0.1, 0.15) is 12.4 Å². The number of esters is 1. The molecule has 0 aliphatic heterocycles. The maximum atomic E-state index is 13.6. The second-order valence-corrected chi connectivity index (χ2v) is 4.66. The van der Waals surface area contributed by atoms with Crippen molar-refractivity contribution in [1.29, 1.82) is 0 Å². The molecule has 0 saturated carbocycles. The van der Waals surface area contributed by atoms with Gasteiger partial charge >= 0.3 is 5.97 Å². The molecular formula is C13H15ClFNO3. The average molecular weight is 288 g/mol. The topological polar surface area (TPSA) is 46.6 Å². The third kappa shape index (κ3) is 3.92. The maximum Gasteiger partial charge on any atom is 0.325 e. The lowest BCUT2D eigenvalue weighted by Crippen LogP contribution is -2.41. The third-order valence-corrected chi connectivity index (χ3v) is 2.81. The molecule has 1 aromatic carbocycles. The number of rotatable bonds is 4. The van der Waals surface area contributed by atoms with E-state index in [4.69, 9.17) is 11.6 Å². The number of amides is 1. The Morgan fingerprint density at radius 1 is 1.42 bits per heavy atom. The van der Waals surface area contributed by atoms with Crippen LogP contribution in [0.1, 0.15) is 24.2 Å². The van der Waals surface area contributed by atoms with Crippen molar-refractivity contribution in [2.75, 3.05) is 13.7 Å². The molecule has 0 radical (unpaired) electrons. The number of hydrogen-bond acceptors (Lipinski definition) is 3. The van der Waals surface area contributed by atoms with E-state index in [2.05, 4.69) is 4.74 Å². The van der Waals surface area contributed by atoms with Gasteiger partial charge in [0.25, 0.3) is 5.91 Å². The van der Waals surface area contributed by atoms with Crippen molar-refractivity contribution in [3.63, 3.8) is 0 Å². The summed E-state index contributed by atoms with van der Waals surface area (Å²) < 4.78 is 18.2. The normalized spacial score (nSPS) is 10.4. The zero-order valence-electron chi connectivity index (χ0n) is 10.9. The molecule has 6 heteroatoms. The fourth-order valence-corrected chi connectivity index (χ4v) is 1.68. The van der Waals surface area contributed by atoms with E-state index in [0.717, 1.165) is 6.07 Å². The van der Waals surface area contributed by atoms with Crippen molar-refractivity contribution in [3.05, 3.63) is 34.6 Å². The van der Waals surface area contributed by atoms with Gasteiger partial charge in [0.2, 0.25) is 0 Å². The lowest BCUT2D eigenvalue weighted by molar-refractivity contribution is -0.141. The summed E-state index contributed by atoms with van der Waals surface area (Å²) in [4.78, 5) is 24.7. The number of carbonyl (C=O) groups excluding carboxylic acids is 2. The van der Waals surface area contributed by atoms with Crippen molar-refractivity contribution in [1.82, 2.24) is 4.90 Å². The molecule has 104 valence electrons. The summed E-state index contributed by atoms with van der Waals surface area (Å²) in [6, 6.07) is 3.44. The van der Waals surface area contributed by atoms with Crippen molar-refractivity contribution < 1.29 is 18.7 Å². The minimum Gasteiger partial charge on any atom is -0.468 e. The molecule has 1 aromatic rings. The first kappa shape index (κ1) is 15.4. The highest BCUT2D eigenvalue weighted by atomic mass is 35.5. The van der Waals surface area contributed by atoms with E-state index in [9.17, 15) is 14.0 Å². The number of benzene rings is 1. The Morgan fingerprint density at radius 3 is 2.58 bits per heavy atom. The maximum absolute atomic E-state index is 13.6. The monoisotopic (exact) mass is 287 g/mol. The van der Waals surface area contributed by atoms with Crippen LogP contribution in [-0.2, 0) is 9.53 Å². The summed E-state index contributed by atoms with van der Waals surface area (Å²) in [5.41, 5.74) is -0.162. The highest BCUT2D eigenvalue weighted by molar-refractivity contribution is 6.31. The van der Waals surface area contributed by atoms with Gasteiger partial charge < -0.3 is 9.64 Å². The minimum atomic E-state index is -0.676. The Bertz CT molecular complexity index is 491. The van der Waals surface area contributed by atoms with Crippen LogP contribution in [0.5, 0.6) is 0 Å². The summed E-state index contributed by atoms with van der Waals surface area (Å²) in [6.07, 6.45) is 0. The summed E-state index contributed by atoms with van der Waals surface area (Å²) in [6.45, 7) is 3.21. The molecule has 19 heavy (non-hydrogen) atoms. The number of methoxy groups -OCH3 is 1. The number of hydrogen-bond donors (Lipinski definition) is 0. The van der Waals surface area contributed by atoms with E-state index >= 15 is 0 Å². The van der Waals surface area contributed by atoms with E-state index in [1.54, 1.807) is 13.8 Å². The number of carbonyl (C=O) groups is 2. The minimum absolute atomic E-state index is 0.162. The van der Waals surface area contributed by atoms with Gasteiger partial charge in [0.15, 0.2) is 0 Å². The van der Waals surface area contributed by atoms with Crippen LogP contribution < -0.4 is 0 Å². The van der Waals surface area contributed by atoms with Crippen LogP contribution in [0.15, 0.2) is 18.2 Å². The van der Waals surface area contributed by atoms with E-state index < -0.39 is 17.7 Å². The zero-order chi connectivity index (χ0) is 14.6. The van der Waals surface area contributed by atoms with Crippen molar-refractivity contribution in [2.24, 2.45) is 0 Å². The second kappa shape index (κ2) is 6.52. The summed E-state index contributed by atoms with van der Waals surface area (Å²) in [5.74, 6) is -1.84. The van der Waals surface area contributed by atoms with Crippen molar-refractivity contribution in [3.8, 4) is 0 Å². The molecule has 0 heterocycles. The van der Waals surface area contributed by atoms with Crippen LogP contribution in [0.25, 0.3) is 0 Å². The van der Waals surface area contributed by atoms with E-state index in [0.29, 0.717) is 0 Å². The molecule has 0 aliphatic rings. The van der Waals surface area contributed by atoms with Gasteiger partial charge in [-0.1, -0.05) is 11.6 Å². The molecule has 0 saturated heterocycles. The summed E-state index contributed by atoms with van der Waals surface area (Å²) in [7, 11) is 1.23. The number of halogens is 2. The highest BCUT2D eigenvalue weighted by Gasteiger charge is 2.24. The lowest BCUT2D eigenvalue weighted by Gasteiger charge is -2.25. The van der Waals surface area contributed by atoms with Crippen LogP contribution in [0.2, 0.25) is 5.02 Å². The van der Waals surface area contributed by atoms with Gasteiger partial charge in [0.05, 0.1) is 12.7 Å². The van der Waals surface area contributed by atoms with Gasteiger partial charge in [-0.3, -0.25) is 9.59 Å². The van der Waals surface area contributed by atoms with Crippen LogP contribution in [0.4, 0.5) is 4.39 Å². The molecule has 4 nitrogen and oxygen atoms in total. The number of nitrogens with zero attached hydrogens (tertiary/aromatic N) is 1. The predicted molar refractivity (Wildman–Crippen MR) is 69.6 cm³/mol. The van der Waals surface area contributed by atoms with Gasteiger partial charge in [0, 0.05) is 11.1 Å². The fourth-order valence-electron chi connectivity index (χ4n) is 1.51. The Morgan fingerprint density at radius 2 is 2.05 bits per heavy atom. The first-order valence-corrected chi connectivity index (χ1v) is 6.07. The van der Waals surface area contributed by atoms with Gasteiger partial charge in [-0.2, -0.15) is 0 Å². The first-order chi connectivity index (χ1) is 8.86. The molecule has 0 aromatic heterocycles. The molecule has 0 bridgehead atoms. The summed E-state index contributed by atoms with van der Waals surface area (Å²) in [5, 5.41) is 0.256.